The van der Waals surface area contributed by atoms with Gasteiger partial charge in [-0.25, -0.2) is 0 Å². The Labute approximate surface area is 59.3 Å². The van der Waals surface area contributed by atoms with Crippen LogP contribution >= 0.6 is 12.8 Å². The topological polar surface area (TPSA) is 32.7 Å². The van der Waals surface area contributed by atoms with Gasteiger partial charge in [-0.15, -0.1) is 0 Å². The number of nitrogens with zero attached hydrogens (tertiary/aromatic N) is 2. The van der Waals surface area contributed by atoms with Crippen molar-refractivity contribution in [3.63, 3.8) is 0 Å². The fourth-order valence-corrected chi connectivity index (χ4v) is 0.908. The van der Waals surface area contributed by atoms with Gasteiger partial charge in [-0.3, -0.25) is 4.79 Å². The van der Waals surface area contributed by atoms with Crippen LogP contribution in [0, 0.1) is 0 Å². The summed E-state index contributed by atoms with van der Waals surface area (Å²) in [5.41, 5.74) is 0.963. The summed E-state index contributed by atoms with van der Waals surface area (Å²) in [7, 11) is 0. The van der Waals surface area contributed by atoms with Gasteiger partial charge in [-0.2, -0.15) is 9.52 Å². The molecule has 0 unspecified atom stereocenters. The van der Waals surface area contributed by atoms with Gasteiger partial charge < -0.3 is 0 Å². The van der Waals surface area contributed by atoms with Crippen LogP contribution in [-0.2, 0) is 4.79 Å². The maximum atomic E-state index is 10.7. The normalized spacial score (nSPS) is 20.0. The highest BCUT2D eigenvalue weighted by Crippen LogP contribution is 2.09. The average Bonchev–Trinajstić information content (AvgIpc) is 1.80. The van der Waals surface area contributed by atoms with Crippen LogP contribution in [0.1, 0.15) is 19.8 Å². The van der Waals surface area contributed by atoms with Crippen molar-refractivity contribution in [1.29, 1.82) is 0 Å². The number of carbonyl (C=O) groups excluding carboxylic acids is 1. The van der Waals surface area contributed by atoms with E-state index in [1.165, 1.54) is 0 Å². The van der Waals surface area contributed by atoms with Crippen molar-refractivity contribution in [2.75, 3.05) is 0 Å². The summed E-state index contributed by atoms with van der Waals surface area (Å²) in [4.78, 5) is 10.7. The molecule has 1 amide bonds. The van der Waals surface area contributed by atoms with Crippen LogP contribution < -0.4 is 0 Å². The molecule has 1 rings (SSSR count). The molecule has 0 saturated carbocycles. The quantitative estimate of drug-likeness (QED) is 0.502. The second-order valence-corrected chi connectivity index (χ2v) is 2.40. The van der Waals surface area contributed by atoms with Crippen LogP contribution in [-0.4, -0.2) is 16.0 Å². The summed E-state index contributed by atoms with van der Waals surface area (Å²) in [6.07, 6.45) is 1.31. The van der Waals surface area contributed by atoms with E-state index in [4.69, 9.17) is 0 Å². The van der Waals surface area contributed by atoms with Crippen LogP contribution in [0.4, 0.5) is 0 Å². The molecule has 0 bridgehead atoms. The second kappa shape index (κ2) is 2.39. The second-order valence-electron chi connectivity index (χ2n) is 2.02. The first-order valence-corrected chi connectivity index (χ1v) is 3.16. The molecule has 0 fully saturated rings. The molecule has 1 heterocycles. The van der Waals surface area contributed by atoms with Gasteiger partial charge in [0.1, 0.15) is 0 Å². The van der Waals surface area contributed by atoms with Crippen molar-refractivity contribution >= 4 is 24.4 Å². The predicted octanol–water partition coefficient (Wildman–Crippen LogP) is 0.829. The van der Waals surface area contributed by atoms with Gasteiger partial charge in [0.05, 0.1) is 0 Å². The molecule has 0 aromatic heterocycles. The highest BCUT2D eigenvalue weighted by molar-refractivity contribution is 7.78. The van der Waals surface area contributed by atoms with Gasteiger partial charge in [-0.1, -0.05) is 0 Å². The lowest BCUT2D eigenvalue weighted by Gasteiger charge is -2.15. The molecule has 0 aromatic rings. The van der Waals surface area contributed by atoms with Crippen LogP contribution in [0.15, 0.2) is 5.10 Å². The Morgan fingerprint density at radius 1 is 1.67 bits per heavy atom. The molecule has 0 atom stereocenters. The molecule has 9 heavy (non-hydrogen) atoms. The van der Waals surface area contributed by atoms with Crippen molar-refractivity contribution in [2.45, 2.75) is 19.8 Å². The molecule has 0 spiro atoms. The number of hydrogen-bond donors (Lipinski definition) is 1. The Kier molecular flexibility index (Phi) is 1.75. The monoisotopic (exact) mass is 144 g/mol. The maximum Gasteiger partial charge on any atom is 0.253 e. The number of hydrogen-bond acceptors (Lipinski definition) is 3. The molecule has 4 heteroatoms. The molecule has 0 radical (unpaired) electrons. The van der Waals surface area contributed by atoms with Gasteiger partial charge in [0.2, 0.25) is 0 Å². The van der Waals surface area contributed by atoms with Gasteiger partial charge in [-0.05, 0) is 26.2 Å². The van der Waals surface area contributed by atoms with Gasteiger partial charge in [0.25, 0.3) is 5.91 Å². The van der Waals surface area contributed by atoms with E-state index in [2.05, 4.69) is 17.9 Å². The number of rotatable bonds is 0. The fourth-order valence-electron chi connectivity index (χ4n) is 0.655. The number of hydrazone groups is 1. The summed E-state index contributed by atoms with van der Waals surface area (Å²) in [5, 5.41) is 3.83. The minimum atomic E-state index is -0.0241. The lowest BCUT2D eigenvalue weighted by Crippen LogP contribution is -2.22. The Balaban J connectivity index is 2.69. The predicted molar refractivity (Wildman–Crippen MR) is 38.2 cm³/mol. The van der Waals surface area contributed by atoms with Gasteiger partial charge in [0.15, 0.2) is 0 Å². The molecule has 50 valence electrons. The van der Waals surface area contributed by atoms with E-state index in [0.29, 0.717) is 6.42 Å². The molecule has 0 aliphatic carbocycles. The fraction of sp³-hybridized carbons (Fsp3) is 0.600. The standard InChI is InChI=1S/C5H8N2OS/c1-4-2-3-5(8)7(9)6-4/h9H,2-3H2,1H3. The van der Waals surface area contributed by atoms with E-state index < -0.39 is 0 Å². The van der Waals surface area contributed by atoms with Gasteiger partial charge >= 0.3 is 0 Å². The molecule has 0 N–H and O–H groups in total. The first-order valence-electron chi connectivity index (χ1n) is 2.76. The first kappa shape index (κ1) is 6.61. The molecule has 1 aliphatic rings. The van der Waals surface area contributed by atoms with E-state index in [-0.39, 0.29) is 5.91 Å². The van der Waals surface area contributed by atoms with E-state index in [1.54, 1.807) is 0 Å². The molecule has 1 aliphatic heterocycles. The summed E-state index contributed by atoms with van der Waals surface area (Å²) in [6, 6.07) is 0. The average molecular weight is 144 g/mol. The molecular formula is C5H8N2OS. The Bertz CT molecular complexity index is 166. The third-order valence-electron chi connectivity index (χ3n) is 1.19. The third-order valence-corrected chi connectivity index (χ3v) is 1.50. The van der Waals surface area contributed by atoms with E-state index >= 15 is 0 Å². The number of thiol groups is 1. The largest absolute Gasteiger partial charge is 0.272 e. The van der Waals surface area contributed by atoms with E-state index in [0.717, 1.165) is 16.5 Å². The highest BCUT2D eigenvalue weighted by Gasteiger charge is 2.14. The number of carbonyl (C=O) groups is 1. The minimum absolute atomic E-state index is 0.0241. The zero-order valence-electron chi connectivity index (χ0n) is 5.16. The van der Waals surface area contributed by atoms with Crippen molar-refractivity contribution < 1.29 is 4.79 Å². The van der Waals surface area contributed by atoms with Crippen molar-refractivity contribution in [1.82, 2.24) is 4.41 Å². The first-order chi connectivity index (χ1) is 4.20. The van der Waals surface area contributed by atoms with E-state index in [9.17, 15) is 4.79 Å². The Morgan fingerprint density at radius 2 is 2.33 bits per heavy atom. The lowest BCUT2D eigenvalue weighted by molar-refractivity contribution is -0.126. The summed E-state index contributed by atoms with van der Waals surface area (Å²) < 4.78 is 1.10. The van der Waals surface area contributed by atoms with Crippen molar-refractivity contribution in [2.24, 2.45) is 5.10 Å². The molecule has 3 nitrogen and oxygen atoms in total. The smallest absolute Gasteiger partial charge is 0.253 e. The SMILES string of the molecule is CC1=NN(S)C(=O)CC1. The molecule has 0 aromatic carbocycles. The minimum Gasteiger partial charge on any atom is -0.272 e. The maximum absolute atomic E-state index is 10.7. The Morgan fingerprint density at radius 3 is 2.78 bits per heavy atom. The summed E-state index contributed by atoms with van der Waals surface area (Å²) in [5.74, 6) is -0.0241. The third kappa shape index (κ3) is 1.45. The zero-order chi connectivity index (χ0) is 6.85. The van der Waals surface area contributed by atoms with Crippen LogP contribution in [0.2, 0.25) is 0 Å². The molecular weight excluding hydrogens is 136 g/mol. The van der Waals surface area contributed by atoms with Crippen LogP contribution in [0.25, 0.3) is 0 Å². The lowest BCUT2D eigenvalue weighted by atomic mass is 10.2. The number of amides is 1. The highest BCUT2D eigenvalue weighted by atomic mass is 32.1. The van der Waals surface area contributed by atoms with Gasteiger partial charge in [0, 0.05) is 12.1 Å². The van der Waals surface area contributed by atoms with Crippen molar-refractivity contribution in [3.05, 3.63) is 0 Å². The van der Waals surface area contributed by atoms with Crippen LogP contribution in [0.3, 0.4) is 0 Å². The van der Waals surface area contributed by atoms with E-state index in [1.807, 2.05) is 6.92 Å². The van der Waals surface area contributed by atoms with Crippen LogP contribution in [0.5, 0.6) is 0 Å². The van der Waals surface area contributed by atoms with Crippen molar-refractivity contribution in [3.8, 4) is 0 Å². The summed E-state index contributed by atoms with van der Waals surface area (Å²) in [6.45, 7) is 1.88. The summed E-state index contributed by atoms with van der Waals surface area (Å²) >= 11 is 3.81. The Hall–Kier alpha value is -0.510. The molecule has 0 saturated heterocycles. The zero-order valence-corrected chi connectivity index (χ0v) is 6.06.